The SMILES string of the molecule is O=C(Cc1ccccc1Cl)NCCNC[C@@H](O)COc1ccccc1. The number of carbonyl (C=O) groups excluding carboxylic acids is 1. The fourth-order valence-electron chi connectivity index (χ4n) is 2.20. The lowest BCUT2D eigenvalue weighted by molar-refractivity contribution is -0.120. The van der Waals surface area contributed by atoms with Crippen molar-refractivity contribution in [3.05, 3.63) is 65.2 Å². The van der Waals surface area contributed by atoms with Crippen molar-refractivity contribution >= 4 is 17.5 Å². The highest BCUT2D eigenvalue weighted by Gasteiger charge is 2.07. The Morgan fingerprint density at radius 1 is 1.08 bits per heavy atom. The number of aliphatic hydroxyl groups excluding tert-OH is 1. The Kier molecular flexibility index (Phi) is 8.25. The number of benzene rings is 2. The summed E-state index contributed by atoms with van der Waals surface area (Å²) in [6, 6.07) is 16.6. The second-order valence-electron chi connectivity index (χ2n) is 5.60. The van der Waals surface area contributed by atoms with Crippen LogP contribution in [-0.2, 0) is 11.2 Å². The predicted molar refractivity (Wildman–Crippen MR) is 99.0 cm³/mol. The minimum absolute atomic E-state index is 0.0807. The summed E-state index contributed by atoms with van der Waals surface area (Å²) >= 11 is 6.03. The van der Waals surface area contributed by atoms with Crippen LogP contribution in [-0.4, -0.2) is 43.4 Å². The van der Waals surface area contributed by atoms with Crippen molar-refractivity contribution in [2.75, 3.05) is 26.2 Å². The van der Waals surface area contributed by atoms with Crippen LogP contribution in [0.4, 0.5) is 0 Å². The lowest BCUT2D eigenvalue weighted by Gasteiger charge is -2.13. The van der Waals surface area contributed by atoms with E-state index in [4.69, 9.17) is 16.3 Å². The number of rotatable bonds is 10. The van der Waals surface area contributed by atoms with E-state index in [2.05, 4.69) is 10.6 Å². The van der Waals surface area contributed by atoms with Crippen molar-refractivity contribution in [3.63, 3.8) is 0 Å². The van der Waals surface area contributed by atoms with E-state index in [1.165, 1.54) is 0 Å². The maximum Gasteiger partial charge on any atom is 0.224 e. The maximum atomic E-state index is 11.9. The van der Waals surface area contributed by atoms with Crippen LogP contribution in [0.1, 0.15) is 5.56 Å². The minimum Gasteiger partial charge on any atom is -0.491 e. The fourth-order valence-corrected chi connectivity index (χ4v) is 2.41. The molecule has 134 valence electrons. The Morgan fingerprint density at radius 2 is 1.80 bits per heavy atom. The summed E-state index contributed by atoms with van der Waals surface area (Å²) in [4.78, 5) is 11.9. The molecule has 0 radical (unpaired) electrons. The first-order valence-corrected chi connectivity index (χ1v) is 8.59. The van der Waals surface area contributed by atoms with Crippen LogP contribution >= 0.6 is 11.6 Å². The Bertz CT molecular complexity index is 652. The molecule has 2 aromatic rings. The summed E-state index contributed by atoms with van der Waals surface area (Å²) in [7, 11) is 0. The predicted octanol–water partition coefficient (Wildman–Crippen LogP) is 2.03. The van der Waals surface area contributed by atoms with Gasteiger partial charge >= 0.3 is 0 Å². The van der Waals surface area contributed by atoms with Gasteiger partial charge < -0.3 is 20.5 Å². The molecule has 0 heterocycles. The van der Waals surface area contributed by atoms with Gasteiger partial charge in [-0.15, -0.1) is 0 Å². The molecule has 25 heavy (non-hydrogen) atoms. The number of ether oxygens (including phenoxy) is 1. The molecule has 6 heteroatoms. The maximum absolute atomic E-state index is 11.9. The van der Waals surface area contributed by atoms with Gasteiger partial charge in [0.05, 0.1) is 6.42 Å². The average molecular weight is 363 g/mol. The van der Waals surface area contributed by atoms with Crippen molar-refractivity contribution in [2.24, 2.45) is 0 Å². The highest BCUT2D eigenvalue weighted by atomic mass is 35.5. The van der Waals surface area contributed by atoms with Crippen LogP contribution in [0.15, 0.2) is 54.6 Å². The molecule has 5 nitrogen and oxygen atoms in total. The molecule has 0 spiro atoms. The molecule has 0 fully saturated rings. The molecule has 0 aromatic heterocycles. The third-order valence-corrected chi connectivity index (χ3v) is 3.87. The molecule has 0 bridgehead atoms. The first kappa shape index (κ1) is 19.2. The fraction of sp³-hybridized carbons (Fsp3) is 0.316. The molecule has 1 amide bonds. The largest absolute Gasteiger partial charge is 0.491 e. The van der Waals surface area contributed by atoms with E-state index in [1.54, 1.807) is 6.07 Å². The van der Waals surface area contributed by atoms with Crippen LogP contribution < -0.4 is 15.4 Å². The summed E-state index contributed by atoms with van der Waals surface area (Å²) in [6.07, 6.45) is -0.355. The molecule has 2 aromatic carbocycles. The molecule has 0 aliphatic carbocycles. The van der Waals surface area contributed by atoms with Gasteiger partial charge in [-0.3, -0.25) is 4.79 Å². The monoisotopic (exact) mass is 362 g/mol. The Hall–Kier alpha value is -2.08. The lowest BCUT2D eigenvalue weighted by Crippen LogP contribution is -2.37. The summed E-state index contributed by atoms with van der Waals surface area (Å²) in [5.74, 6) is 0.649. The minimum atomic E-state index is -0.612. The zero-order valence-corrected chi connectivity index (χ0v) is 14.7. The number of amides is 1. The molecule has 0 aliphatic rings. The number of para-hydroxylation sites is 1. The smallest absolute Gasteiger partial charge is 0.224 e. The Labute approximate surface area is 153 Å². The first-order valence-electron chi connectivity index (χ1n) is 8.22. The van der Waals surface area contributed by atoms with E-state index in [9.17, 15) is 9.90 Å². The van der Waals surface area contributed by atoms with Gasteiger partial charge in [-0.1, -0.05) is 48.0 Å². The molecule has 0 aliphatic heterocycles. The van der Waals surface area contributed by atoms with E-state index in [0.717, 1.165) is 11.3 Å². The van der Waals surface area contributed by atoms with Gasteiger partial charge in [-0.2, -0.15) is 0 Å². The molecule has 1 atom stereocenters. The summed E-state index contributed by atoms with van der Waals surface area (Å²) in [5, 5.41) is 16.3. The molecule has 0 saturated heterocycles. The van der Waals surface area contributed by atoms with Crippen molar-refractivity contribution < 1.29 is 14.6 Å². The van der Waals surface area contributed by atoms with Gasteiger partial charge in [-0.05, 0) is 23.8 Å². The number of carbonyl (C=O) groups is 1. The second-order valence-corrected chi connectivity index (χ2v) is 6.01. The number of aliphatic hydroxyl groups is 1. The summed E-state index contributed by atoms with van der Waals surface area (Å²) in [6.45, 7) is 1.66. The van der Waals surface area contributed by atoms with Gasteiger partial charge in [0.2, 0.25) is 5.91 Å². The zero-order valence-electron chi connectivity index (χ0n) is 14.0. The van der Waals surface area contributed by atoms with E-state index < -0.39 is 6.10 Å². The molecule has 3 N–H and O–H groups in total. The quantitative estimate of drug-likeness (QED) is 0.566. The van der Waals surface area contributed by atoms with Crippen LogP contribution in [0.3, 0.4) is 0 Å². The third kappa shape index (κ3) is 7.56. The van der Waals surface area contributed by atoms with Crippen LogP contribution in [0, 0.1) is 0 Å². The van der Waals surface area contributed by atoms with Gasteiger partial charge in [0.25, 0.3) is 0 Å². The highest BCUT2D eigenvalue weighted by molar-refractivity contribution is 6.31. The Balaban J connectivity index is 1.54. The van der Waals surface area contributed by atoms with Crippen LogP contribution in [0.5, 0.6) is 5.75 Å². The molecule has 0 unspecified atom stereocenters. The van der Waals surface area contributed by atoms with E-state index >= 15 is 0 Å². The molecule has 2 rings (SSSR count). The Morgan fingerprint density at radius 3 is 2.56 bits per heavy atom. The standard InChI is InChI=1S/C19H23ClN2O3/c20-18-9-5-4-6-15(18)12-19(24)22-11-10-21-13-16(23)14-25-17-7-2-1-3-8-17/h1-9,16,21,23H,10-14H2,(H,22,24)/t16-/m1/s1. The molecular weight excluding hydrogens is 340 g/mol. The number of hydrogen-bond donors (Lipinski definition) is 3. The number of nitrogens with one attached hydrogen (secondary N) is 2. The normalized spacial score (nSPS) is 11.8. The second kappa shape index (κ2) is 10.7. The third-order valence-electron chi connectivity index (χ3n) is 3.50. The average Bonchev–Trinajstić information content (AvgIpc) is 2.62. The van der Waals surface area contributed by atoms with Crippen molar-refractivity contribution in [2.45, 2.75) is 12.5 Å². The number of hydrogen-bond acceptors (Lipinski definition) is 4. The van der Waals surface area contributed by atoms with Gasteiger partial charge in [0.15, 0.2) is 0 Å². The topological polar surface area (TPSA) is 70.6 Å². The van der Waals surface area contributed by atoms with E-state index in [0.29, 0.717) is 24.7 Å². The summed E-state index contributed by atoms with van der Waals surface area (Å²) in [5.41, 5.74) is 0.808. The van der Waals surface area contributed by atoms with Crippen LogP contribution in [0.25, 0.3) is 0 Å². The van der Waals surface area contributed by atoms with Gasteiger partial charge in [-0.25, -0.2) is 0 Å². The van der Waals surface area contributed by atoms with Crippen LogP contribution in [0.2, 0.25) is 5.02 Å². The van der Waals surface area contributed by atoms with Gasteiger partial charge in [0, 0.05) is 24.7 Å². The zero-order chi connectivity index (χ0) is 17.9. The number of halogens is 1. The molecule has 0 saturated carbocycles. The molecular formula is C19H23ClN2O3. The van der Waals surface area contributed by atoms with Crippen molar-refractivity contribution in [1.82, 2.24) is 10.6 Å². The van der Waals surface area contributed by atoms with E-state index in [-0.39, 0.29) is 18.9 Å². The van der Waals surface area contributed by atoms with Crippen molar-refractivity contribution in [3.8, 4) is 5.75 Å². The summed E-state index contributed by atoms with van der Waals surface area (Å²) < 4.78 is 5.47. The van der Waals surface area contributed by atoms with Crippen molar-refractivity contribution in [1.29, 1.82) is 0 Å². The lowest BCUT2D eigenvalue weighted by atomic mass is 10.1. The van der Waals surface area contributed by atoms with Gasteiger partial charge in [0.1, 0.15) is 18.5 Å². The first-order chi connectivity index (χ1) is 12.1. The van der Waals surface area contributed by atoms with E-state index in [1.807, 2.05) is 48.5 Å². The highest BCUT2D eigenvalue weighted by Crippen LogP contribution is 2.15.